The van der Waals surface area contributed by atoms with Crippen LogP contribution in [0.5, 0.6) is 0 Å². The van der Waals surface area contributed by atoms with Crippen LogP contribution in [-0.4, -0.2) is 4.98 Å². The first-order valence-corrected chi connectivity index (χ1v) is 15.7. The molecule has 0 fully saturated rings. The molecule has 0 atom stereocenters. The normalized spacial score (nSPS) is 13.8. The second-order valence-corrected chi connectivity index (χ2v) is 12.1. The van der Waals surface area contributed by atoms with Crippen molar-refractivity contribution >= 4 is 60.9 Å². The highest BCUT2D eigenvalue weighted by Crippen LogP contribution is 2.60. The minimum atomic E-state index is 0.855. The molecule has 1 N–H and O–H groups in total. The van der Waals surface area contributed by atoms with Crippen LogP contribution < -0.4 is 0 Å². The summed E-state index contributed by atoms with van der Waals surface area (Å²) in [7, 11) is 0. The van der Waals surface area contributed by atoms with Gasteiger partial charge in [0.05, 0.1) is 0 Å². The number of nitrogens with one attached hydrogen (secondary N) is 1. The van der Waals surface area contributed by atoms with Gasteiger partial charge >= 0.3 is 0 Å². The zero-order chi connectivity index (χ0) is 30.1. The van der Waals surface area contributed by atoms with Gasteiger partial charge in [0.2, 0.25) is 0 Å². The lowest BCUT2D eigenvalue weighted by molar-refractivity contribution is 1.37. The maximum absolute atomic E-state index is 3.91. The molecule has 1 heteroatoms. The molecular weight excluding hydrogens is 542 g/mol. The summed E-state index contributed by atoms with van der Waals surface area (Å²) in [5.41, 5.74) is 18.1. The maximum Gasteiger partial charge on any atom is 0.0465 e. The van der Waals surface area contributed by atoms with Crippen molar-refractivity contribution in [2.24, 2.45) is 0 Å². The van der Waals surface area contributed by atoms with Crippen molar-refractivity contribution in [1.82, 2.24) is 4.98 Å². The van der Waals surface area contributed by atoms with Crippen molar-refractivity contribution in [3.63, 3.8) is 0 Å². The van der Waals surface area contributed by atoms with Gasteiger partial charge in [0.1, 0.15) is 0 Å². The number of aromatic amines is 1. The highest BCUT2D eigenvalue weighted by Gasteiger charge is 2.39. The van der Waals surface area contributed by atoms with Crippen LogP contribution in [0.3, 0.4) is 0 Å². The van der Waals surface area contributed by atoms with E-state index in [0.717, 1.165) is 6.42 Å². The molecule has 0 unspecified atom stereocenters. The summed E-state index contributed by atoms with van der Waals surface area (Å²) in [6, 6.07) is 44.7. The molecule has 0 radical (unpaired) electrons. The van der Waals surface area contributed by atoms with Crippen molar-refractivity contribution in [3.05, 3.63) is 185 Å². The predicted molar refractivity (Wildman–Crippen MR) is 193 cm³/mol. The summed E-state index contributed by atoms with van der Waals surface area (Å²) in [6.45, 7) is 6.20. The molecule has 45 heavy (non-hydrogen) atoms. The van der Waals surface area contributed by atoms with Crippen molar-refractivity contribution in [3.8, 4) is 0 Å². The second kappa shape index (κ2) is 9.94. The largest absolute Gasteiger partial charge is 0.355 e. The van der Waals surface area contributed by atoms with Gasteiger partial charge in [0, 0.05) is 21.8 Å². The minimum Gasteiger partial charge on any atom is -0.355 e. The first-order chi connectivity index (χ1) is 22.2. The van der Waals surface area contributed by atoms with Gasteiger partial charge in [-0.2, -0.15) is 0 Å². The summed E-state index contributed by atoms with van der Waals surface area (Å²) < 4.78 is 0. The number of para-hydroxylation sites is 1. The fourth-order valence-electron chi connectivity index (χ4n) is 7.71. The number of fused-ring (bicyclic) bond motifs is 10. The van der Waals surface area contributed by atoms with Gasteiger partial charge in [-0.15, -0.1) is 6.58 Å². The number of hydrogen-bond donors (Lipinski definition) is 1. The fraction of sp³-hybridized carbons (Fsp3) is 0.0455. The number of benzene rings is 6. The minimum absolute atomic E-state index is 0.855. The van der Waals surface area contributed by atoms with E-state index in [9.17, 15) is 0 Å². The van der Waals surface area contributed by atoms with E-state index >= 15 is 0 Å². The monoisotopic (exact) mass is 573 g/mol. The Labute approximate surface area is 263 Å². The Kier molecular flexibility index (Phi) is 5.70. The van der Waals surface area contributed by atoms with Crippen molar-refractivity contribution in [1.29, 1.82) is 0 Å². The highest BCUT2D eigenvalue weighted by molar-refractivity contribution is 6.38. The lowest BCUT2D eigenvalue weighted by Gasteiger charge is -2.16. The number of allylic oxidation sites excluding steroid dienone is 4. The number of rotatable bonds is 5. The van der Waals surface area contributed by atoms with E-state index in [4.69, 9.17) is 0 Å². The van der Waals surface area contributed by atoms with Gasteiger partial charge in [-0.05, 0) is 109 Å². The van der Waals surface area contributed by atoms with E-state index in [1.54, 1.807) is 0 Å². The Balaban J connectivity index is 1.43. The molecule has 0 bridgehead atoms. The summed E-state index contributed by atoms with van der Waals surface area (Å²) in [5.74, 6) is 0. The highest BCUT2D eigenvalue weighted by atomic mass is 14.7. The first kappa shape index (κ1) is 25.8. The Bertz CT molecular complexity index is 2460. The third-order valence-corrected chi connectivity index (χ3v) is 9.68. The van der Waals surface area contributed by atoms with E-state index in [-0.39, 0.29) is 0 Å². The van der Waals surface area contributed by atoms with Crippen LogP contribution in [0.15, 0.2) is 140 Å². The van der Waals surface area contributed by atoms with Gasteiger partial charge in [0.15, 0.2) is 0 Å². The number of aromatic nitrogens is 1. The maximum atomic E-state index is 3.91. The van der Waals surface area contributed by atoms with E-state index in [1.807, 2.05) is 6.08 Å². The molecule has 212 valence electrons. The standard InChI is InChI=1S/C44H31N/c1-3-4-6-13-28-20-23-34-39(27(28)2)41(30-15-7-5-8-16-30)44-42-32-17-10-9-14-29(32)21-24-35(42)40(43(34)44)31-22-25-38-36(26-31)33-18-11-12-19-37(33)45-38/h3,5-26,45H,1,4H2,2H3/b13-6-. The SMILES string of the molecule is C=CC/C=C\c1ccc2c(c1C)C(c1ccccc1)=C1C2=C(c2ccc3[nH]c4ccccc4c3c2)c2ccc3ccccc3c21. The average molecular weight is 574 g/mol. The molecule has 7 aromatic rings. The van der Waals surface area contributed by atoms with Gasteiger partial charge in [-0.1, -0.05) is 121 Å². The van der Waals surface area contributed by atoms with Crippen LogP contribution in [0.2, 0.25) is 0 Å². The molecule has 0 amide bonds. The van der Waals surface area contributed by atoms with Crippen LogP contribution in [-0.2, 0) is 0 Å². The fourth-order valence-corrected chi connectivity index (χ4v) is 7.71. The van der Waals surface area contributed by atoms with E-state index in [2.05, 4.69) is 152 Å². The van der Waals surface area contributed by atoms with Crippen LogP contribution >= 0.6 is 0 Å². The topological polar surface area (TPSA) is 15.8 Å². The van der Waals surface area contributed by atoms with E-state index in [0.29, 0.717) is 0 Å². The van der Waals surface area contributed by atoms with Gasteiger partial charge < -0.3 is 4.98 Å². The Morgan fingerprint density at radius 2 is 1.31 bits per heavy atom. The Hall–Kier alpha value is -5.66. The van der Waals surface area contributed by atoms with Crippen LogP contribution in [0.1, 0.15) is 50.9 Å². The Morgan fingerprint density at radius 1 is 0.578 bits per heavy atom. The van der Waals surface area contributed by atoms with Gasteiger partial charge in [0.25, 0.3) is 0 Å². The van der Waals surface area contributed by atoms with Crippen LogP contribution in [0.4, 0.5) is 0 Å². The summed E-state index contributed by atoms with van der Waals surface area (Å²) in [5, 5.41) is 5.09. The quantitative estimate of drug-likeness (QED) is 0.197. The zero-order valence-corrected chi connectivity index (χ0v) is 25.2. The first-order valence-electron chi connectivity index (χ1n) is 15.7. The van der Waals surface area contributed by atoms with Crippen molar-refractivity contribution in [2.75, 3.05) is 0 Å². The molecular formula is C44H31N. The molecule has 2 aliphatic carbocycles. The molecule has 0 saturated carbocycles. The lowest BCUT2D eigenvalue weighted by Crippen LogP contribution is -1.97. The molecule has 6 aromatic carbocycles. The van der Waals surface area contributed by atoms with Gasteiger partial charge in [-0.25, -0.2) is 0 Å². The lowest BCUT2D eigenvalue weighted by atomic mass is 9.87. The number of hydrogen-bond acceptors (Lipinski definition) is 0. The number of H-pyrrole nitrogens is 1. The van der Waals surface area contributed by atoms with Crippen molar-refractivity contribution in [2.45, 2.75) is 13.3 Å². The molecule has 1 aromatic heterocycles. The average Bonchev–Trinajstić information content (AvgIpc) is 3.73. The summed E-state index contributed by atoms with van der Waals surface area (Å²) in [6.07, 6.45) is 7.26. The van der Waals surface area contributed by atoms with Crippen molar-refractivity contribution < 1.29 is 0 Å². The molecule has 0 aliphatic heterocycles. The smallest absolute Gasteiger partial charge is 0.0465 e. The molecule has 0 spiro atoms. The third-order valence-electron chi connectivity index (χ3n) is 9.68. The third kappa shape index (κ3) is 3.74. The summed E-state index contributed by atoms with van der Waals surface area (Å²) >= 11 is 0. The van der Waals surface area contributed by atoms with Crippen LogP contribution in [0, 0.1) is 6.92 Å². The second-order valence-electron chi connectivity index (χ2n) is 12.1. The predicted octanol–water partition coefficient (Wildman–Crippen LogP) is 11.6. The van der Waals surface area contributed by atoms with Crippen LogP contribution in [0.25, 0.3) is 60.9 Å². The molecule has 1 heterocycles. The van der Waals surface area contributed by atoms with E-state index in [1.165, 1.54) is 99.4 Å². The molecule has 0 saturated heterocycles. The summed E-state index contributed by atoms with van der Waals surface area (Å²) in [4.78, 5) is 3.63. The molecule has 9 rings (SSSR count). The Morgan fingerprint density at radius 3 is 2.18 bits per heavy atom. The molecule has 2 aliphatic rings. The van der Waals surface area contributed by atoms with Gasteiger partial charge in [-0.3, -0.25) is 0 Å². The zero-order valence-electron chi connectivity index (χ0n) is 25.2. The molecule has 1 nitrogen and oxygen atoms in total. The van der Waals surface area contributed by atoms with E-state index < -0.39 is 0 Å².